The van der Waals surface area contributed by atoms with E-state index in [0.29, 0.717) is 18.6 Å². The largest absolute Gasteiger partial charge is 0.414 e. The van der Waals surface area contributed by atoms with Gasteiger partial charge in [-0.2, -0.15) is 0 Å². The Morgan fingerprint density at radius 1 is 0.815 bits per heavy atom. The van der Waals surface area contributed by atoms with Gasteiger partial charge in [-0.15, -0.1) is 0 Å². The maximum absolute atomic E-state index is 13.0. The SMILES string of the molecule is C[SiH](C)OC(C(C)(C)C)C12CCC(C(O[SiH](C)C)C(C)(C)C)(CC(=O)C1)O2. The number of ether oxygens (including phenoxy) is 1. The van der Waals surface area contributed by atoms with Gasteiger partial charge in [0.2, 0.25) is 0 Å². The average molecular weight is 415 g/mol. The second-order valence-electron chi connectivity index (χ2n) is 11.5. The number of hydrogen-bond donors (Lipinski definition) is 0. The van der Waals surface area contributed by atoms with E-state index in [-0.39, 0.29) is 23.0 Å². The number of Topliss-reactive ketones (excluding diaryl/α,β-unsaturated/α-hetero) is 1. The van der Waals surface area contributed by atoms with E-state index in [9.17, 15) is 4.79 Å². The van der Waals surface area contributed by atoms with Gasteiger partial charge in [0.1, 0.15) is 17.0 Å². The molecule has 4 unspecified atom stereocenters. The minimum Gasteiger partial charge on any atom is -0.414 e. The molecule has 4 atom stereocenters. The number of carbonyl (C=O) groups is 1. The van der Waals surface area contributed by atoms with Gasteiger partial charge in [0.05, 0.1) is 12.2 Å². The topological polar surface area (TPSA) is 44.8 Å². The van der Waals surface area contributed by atoms with Gasteiger partial charge in [-0.3, -0.25) is 4.79 Å². The van der Waals surface area contributed by atoms with E-state index in [1.54, 1.807) is 0 Å². The van der Waals surface area contributed by atoms with Crippen molar-refractivity contribution in [3.05, 3.63) is 0 Å². The van der Waals surface area contributed by atoms with Gasteiger partial charge >= 0.3 is 0 Å². The molecule has 4 nitrogen and oxygen atoms in total. The Balaban J connectivity index is 2.47. The van der Waals surface area contributed by atoms with Crippen molar-refractivity contribution < 1.29 is 18.4 Å². The number of carbonyl (C=O) groups excluding carboxylic acids is 1. The fourth-order valence-electron chi connectivity index (χ4n) is 5.24. The summed E-state index contributed by atoms with van der Waals surface area (Å²) in [5.74, 6) is 0.310. The van der Waals surface area contributed by atoms with Gasteiger partial charge in [0.25, 0.3) is 0 Å². The molecule has 2 aliphatic heterocycles. The van der Waals surface area contributed by atoms with Crippen LogP contribution in [-0.4, -0.2) is 47.3 Å². The molecule has 0 aliphatic carbocycles. The fourth-order valence-corrected chi connectivity index (χ4v) is 7.64. The summed E-state index contributed by atoms with van der Waals surface area (Å²) >= 11 is 0. The van der Waals surface area contributed by atoms with Crippen LogP contribution in [0.1, 0.15) is 67.2 Å². The predicted molar refractivity (Wildman–Crippen MR) is 116 cm³/mol. The van der Waals surface area contributed by atoms with Crippen LogP contribution >= 0.6 is 0 Å². The lowest BCUT2D eigenvalue weighted by Gasteiger charge is -2.52. The summed E-state index contributed by atoms with van der Waals surface area (Å²) in [5.41, 5.74) is -1.15. The lowest BCUT2D eigenvalue weighted by atomic mass is 9.73. The highest BCUT2D eigenvalue weighted by Gasteiger charge is 2.64. The van der Waals surface area contributed by atoms with Crippen LogP contribution in [0.2, 0.25) is 26.2 Å². The Bertz CT molecular complexity index is 503. The number of ketones is 1. The number of fused-ring (bicyclic) bond motifs is 2. The van der Waals surface area contributed by atoms with E-state index in [2.05, 4.69) is 67.7 Å². The molecule has 2 fully saturated rings. The zero-order valence-corrected chi connectivity index (χ0v) is 21.6. The molecule has 0 aromatic carbocycles. The highest BCUT2D eigenvalue weighted by molar-refractivity contribution is 6.48. The first kappa shape index (κ1) is 23.3. The first-order chi connectivity index (χ1) is 12.1. The summed E-state index contributed by atoms with van der Waals surface area (Å²) in [6.45, 7) is 22.1. The van der Waals surface area contributed by atoms with E-state index in [4.69, 9.17) is 13.6 Å². The van der Waals surface area contributed by atoms with Crippen molar-refractivity contribution in [1.82, 2.24) is 0 Å². The summed E-state index contributed by atoms with van der Waals surface area (Å²) in [5, 5.41) is 0. The van der Waals surface area contributed by atoms with Crippen LogP contribution in [0, 0.1) is 10.8 Å². The van der Waals surface area contributed by atoms with Gasteiger partial charge < -0.3 is 13.6 Å². The van der Waals surface area contributed by atoms with Gasteiger partial charge in [0.15, 0.2) is 18.1 Å². The zero-order chi connectivity index (χ0) is 20.8. The van der Waals surface area contributed by atoms with E-state index in [1.165, 1.54) is 0 Å². The lowest BCUT2D eigenvalue weighted by molar-refractivity contribution is -0.230. The van der Waals surface area contributed by atoms with Crippen molar-refractivity contribution in [2.75, 3.05) is 0 Å². The highest BCUT2D eigenvalue weighted by atomic mass is 28.3. The van der Waals surface area contributed by atoms with E-state index >= 15 is 0 Å². The third kappa shape index (κ3) is 4.94. The second kappa shape index (κ2) is 7.67. The highest BCUT2D eigenvalue weighted by Crippen LogP contribution is 2.56. The molecule has 0 aromatic heterocycles. The first-order valence-electron chi connectivity index (χ1n) is 10.6. The molecular weight excluding hydrogens is 372 g/mol. The van der Waals surface area contributed by atoms with Crippen molar-refractivity contribution in [1.29, 1.82) is 0 Å². The Labute approximate surface area is 170 Å². The maximum Gasteiger partial charge on any atom is 0.171 e. The molecule has 2 saturated heterocycles. The Morgan fingerprint density at radius 3 is 1.41 bits per heavy atom. The quantitative estimate of drug-likeness (QED) is 0.602. The molecule has 6 heteroatoms. The summed E-state index contributed by atoms with van der Waals surface area (Å²) in [4.78, 5) is 13.0. The minimum absolute atomic E-state index is 0.0558. The molecule has 2 aliphatic rings. The molecule has 0 spiro atoms. The third-order valence-electron chi connectivity index (χ3n) is 5.72. The Kier molecular flexibility index (Phi) is 6.61. The van der Waals surface area contributed by atoms with Crippen LogP contribution < -0.4 is 0 Å². The molecule has 158 valence electrons. The molecule has 0 aromatic rings. The average Bonchev–Trinajstić information content (AvgIpc) is 2.73. The predicted octanol–water partition coefficient (Wildman–Crippen LogP) is 4.47. The molecular formula is C21H42O4Si2. The van der Waals surface area contributed by atoms with Crippen LogP contribution in [0.25, 0.3) is 0 Å². The molecule has 2 rings (SSSR count). The van der Waals surface area contributed by atoms with Crippen molar-refractivity contribution in [3.8, 4) is 0 Å². The van der Waals surface area contributed by atoms with Crippen LogP contribution in [0.15, 0.2) is 0 Å². The lowest BCUT2D eigenvalue weighted by Crippen LogP contribution is -2.62. The zero-order valence-electron chi connectivity index (χ0n) is 19.3. The maximum atomic E-state index is 13.0. The van der Waals surface area contributed by atoms with E-state index in [0.717, 1.165) is 12.8 Å². The van der Waals surface area contributed by atoms with Crippen molar-refractivity contribution in [3.63, 3.8) is 0 Å². The molecule has 0 radical (unpaired) electrons. The second-order valence-corrected chi connectivity index (χ2v) is 16.2. The first-order valence-corrected chi connectivity index (χ1v) is 16.2. The Morgan fingerprint density at radius 2 is 1.15 bits per heavy atom. The van der Waals surface area contributed by atoms with Crippen LogP contribution in [0.4, 0.5) is 0 Å². The van der Waals surface area contributed by atoms with Crippen molar-refractivity contribution in [2.45, 2.75) is 117 Å². The number of rotatable bonds is 6. The van der Waals surface area contributed by atoms with Gasteiger partial charge in [0, 0.05) is 12.8 Å². The molecule has 0 saturated carbocycles. The monoisotopic (exact) mass is 414 g/mol. The summed E-state index contributed by atoms with van der Waals surface area (Å²) in [7, 11) is -2.56. The third-order valence-corrected chi connectivity index (χ3v) is 7.35. The molecule has 2 heterocycles. The van der Waals surface area contributed by atoms with Gasteiger partial charge in [-0.05, 0) is 49.9 Å². The van der Waals surface area contributed by atoms with Gasteiger partial charge in [-0.1, -0.05) is 41.5 Å². The molecule has 0 amide bonds. The summed E-state index contributed by atoms with van der Waals surface area (Å²) < 4.78 is 20.1. The summed E-state index contributed by atoms with van der Waals surface area (Å²) in [6, 6.07) is 0. The van der Waals surface area contributed by atoms with Crippen LogP contribution in [0.3, 0.4) is 0 Å². The molecule has 27 heavy (non-hydrogen) atoms. The minimum atomic E-state index is -1.28. The summed E-state index contributed by atoms with van der Waals surface area (Å²) in [6.07, 6.45) is 2.62. The molecule has 2 bridgehead atoms. The van der Waals surface area contributed by atoms with Crippen molar-refractivity contribution in [2.24, 2.45) is 10.8 Å². The van der Waals surface area contributed by atoms with E-state index < -0.39 is 29.3 Å². The van der Waals surface area contributed by atoms with Crippen molar-refractivity contribution >= 4 is 23.9 Å². The Hall–Kier alpha value is -0.0162. The number of hydrogen-bond acceptors (Lipinski definition) is 4. The van der Waals surface area contributed by atoms with Crippen LogP contribution in [-0.2, 0) is 18.4 Å². The standard InChI is InChI=1S/C21H42O4Si2/c1-18(2,3)16(23-26(7)8)20-11-12-21(25-20,14-15(22)13-20)17(19(4,5)6)24-27(9)10/h16-17,26-27H,11-14H2,1-10H3. The van der Waals surface area contributed by atoms with Gasteiger partial charge in [-0.25, -0.2) is 0 Å². The fraction of sp³-hybridized carbons (Fsp3) is 0.952. The smallest absolute Gasteiger partial charge is 0.171 e. The van der Waals surface area contributed by atoms with Crippen LogP contribution in [0.5, 0.6) is 0 Å². The molecule has 0 N–H and O–H groups in total. The normalized spacial score (nSPS) is 31.6. The van der Waals surface area contributed by atoms with E-state index in [1.807, 2.05) is 0 Å².